The molecule has 0 aliphatic rings. The van der Waals surface area contributed by atoms with Crippen molar-refractivity contribution >= 4 is 5.69 Å². The summed E-state index contributed by atoms with van der Waals surface area (Å²) in [6.07, 6.45) is 0. The first-order chi connectivity index (χ1) is 8.69. The SMILES string of the molecule is Cc1ccc(C)c(CNc2cccc(C#N)c2)c1. The molecule has 0 saturated carbocycles. The van der Waals surface area contributed by atoms with Crippen molar-refractivity contribution in [1.29, 1.82) is 5.26 Å². The van der Waals surface area contributed by atoms with E-state index < -0.39 is 0 Å². The second-order valence-corrected chi connectivity index (χ2v) is 4.48. The number of rotatable bonds is 3. The Labute approximate surface area is 108 Å². The van der Waals surface area contributed by atoms with Crippen molar-refractivity contribution in [3.05, 3.63) is 64.7 Å². The van der Waals surface area contributed by atoms with Crippen molar-refractivity contribution in [2.45, 2.75) is 20.4 Å². The van der Waals surface area contributed by atoms with E-state index in [0.717, 1.165) is 12.2 Å². The predicted molar refractivity (Wildman–Crippen MR) is 74.4 cm³/mol. The van der Waals surface area contributed by atoms with E-state index in [2.05, 4.69) is 43.4 Å². The van der Waals surface area contributed by atoms with Crippen LogP contribution in [0.1, 0.15) is 22.3 Å². The molecule has 0 spiro atoms. The number of nitrogens with one attached hydrogen (secondary N) is 1. The first-order valence-corrected chi connectivity index (χ1v) is 5.99. The third-order valence-corrected chi connectivity index (χ3v) is 2.98. The van der Waals surface area contributed by atoms with Crippen LogP contribution in [-0.2, 0) is 6.54 Å². The topological polar surface area (TPSA) is 35.8 Å². The Morgan fingerprint density at radius 1 is 1.11 bits per heavy atom. The van der Waals surface area contributed by atoms with E-state index in [1.807, 2.05) is 24.3 Å². The van der Waals surface area contributed by atoms with Gasteiger partial charge in [0.05, 0.1) is 11.6 Å². The van der Waals surface area contributed by atoms with Gasteiger partial charge in [-0.05, 0) is 43.2 Å². The summed E-state index contributed by atoms with van der Waals surface area (Å²) in [7, 11) is 0. The molecule has 0 atom stereocenters. The van der Waals surface area contributed by atoms with Crippen molar-refractivity contribution in [1.82, 2.24) is 0 Å². The minimum Gasteiger partial charge on any atom is -0.381 e. The molecule has 0 bridgehead atoms. The van der Waals surface area contributed by atoms with Gasteiger partial charge in [0.2, 0.25) is 0 Å². The van der Waals surface area contributed by atoms with Crippen molar-refractivity contribution in [3.8, 4) is 6.07 Å². The Balaban J connectivity index is 2.11. The Hall–Kier alpha value is -2.27. The number of nitrogens with zero attached hydrogens (tertiary/aromatic N) is 1. The van der Waals surface area contributed by atoms with Crippen molar-refractivity contribution in [2.24, 2.45) is 0 Å². The molecule has 0 saturated heterocycles. The number of hydrogen-bond donors (Lipinski definition) is 1. The average molecular weight is 236 g/mol. The molecule has 18 heavy (non-hydrogen) atoms. The summed E-state index contributed by atoms with van der Waals surface area (Å²) in [4.78, 5) is 0. The highest BCUT2D eigenvalue weighted by atomic mass is 14.9. The van der Waals surface area contributed by atoms with E-state index in [-0.39, 0.29) is 0 Å². The lowest BCUT2D eigenvalue weighted by Crippen LogP contribution is -2.01. The summed E-state index contributed by atoms with van der Waals surface area (Å²) in [5.74, 6) is 0. The van der Waals surface area contributed by atoms with Gasteiger partial charge in [-0.2, -0.15) is 5.26 Å². The van der Waals surface area contributed by atoms with Crippen molar-refractivity contribution in [2.75, 3.05) is 5.32 Å². The maximum atomic E-state index is 8.85. The van der Waals surface area contributed by atoms with Crippen LogP contribution in [0.4, 0.5) is 5.69 Å². The molecule has 2 aromatic carbocycles. The Kier molecular flexibility index (Phi) is 3.64. The molecule has 2 heteroatoms. The molecular weight excluding hydrogens is 220 g/mol. The molecule has 0 amide bonds. The lowest BCUT2D eigenvalue weighted by molar-refractivity contribution is 1.11. The lowest BCUT2D eigenvalue weighted by atomic mass is 10.1. The van der Waals surface area contributed by atoms with Gasteiger partial charge in [-0.25, -0.2) is 0 Å². The third kappa shape index (κ3) is 2.89. The minimum atomic E-state index is 0.681. The first kappa shape index (κ1) is 12.2. The van der Waals surface area contributed by atoms with E-state index >= 15 is 0 Å². The zero-order valence-electron chi connectivity index (χ0n) is 10.7. The highest BCUT2D eigenvalue weighted by molar-refractivity contribution is 5.49. The maximum Gasteiger partial charge on any atom is 0.0992 e. The van der Waals surface area contributed by atoms with Gasteiger partial charge in [0.25, 0.3) is 0 Å². The van der Waals surface area contributed by atoms with Crippen LogP contribution in [0.3, 0.4) is 0 Å². The molecule has 0 fully saturated rings. The summed E-state index contributed by atoms with van der Waals surface area (Å²) >= 11 is 0. The Morgan fingerprint density at radius 3 is 2.72 bits per heavy atom. The van der Waals surface area contributed by atoms with E-state index in [1.165, 1.54) is 16.7 Å². The van der Waals surface area contributed by atoms with Crippen molar-refractivity contribution < 1.29 is 0 Å². The fourth-order valence-corrected chi connectivity index (χ4v) is 1.89. The van der Waals surface area contributed by atoms with Gasteiger partial charge in [-0.1, -0.05) is 29.8 Å². The lowest BCUT2D eigenvalue weighted by Gasteiger charge is -2.10. The summed E-state index contributed by atoms with van der Waals surface area (Å²) in [6.45, 7) is 4.99. The van der Waals surface area contributed by atoms with Gasteiger partial charge in [-0.3, -0.25) is 0 Å². The van der Waals surface area contributed by atoms with E-state index in [1.54, 1.807) is 0 Å². The quantitative estimate of drug-likeness (QED) is 0.880. The predicted octanol–water partition coefficient (Wildman–Crippen LogP) is 3.79. The monoisotopic (exact) mass is 236 g/mol. The van der Waals surface area contributed by atoms with Crippen LogP contribution in [0.25, 0.3) is 0 Å². The zero-order chi connectivity index (χ0) is 13.0. The summed E-state index contributed by atoms with van der Waals surface area (Å²) in [5.41, 5.74) is 5.50. The van der Waals surface area contributed by atoms with Crippen LogP contribution in [0.2, 0.25) is 0 Å². The van der Waals surface area contributed by atoms with Crippen LogP contribution in [0.5, 0.6) is 0 Å². The van der Waals surface area contributed by atoms with E-state index in [4.69, 9.17) is 5.26 Å². The number of benzene rings is 2. The molecule has 2 nitrogen and oxygen atoms in total. The largest absolute Gasteiger partial charge is 0.381 e. The molecular formula is C16H16N2. The normalized spacial score (nSPS) is 9.83. The molecule has 0 heterocycles. The van der Waals surface area contributed by atoms with Crippen LogP contribution >= 0.6 is 0 Å². The van der Waals surface area contributed by atoms with Crippen LogP contribution < -0.4 is 5.32 Å². The van der Waals surface area contributed by atoms with Crippen LogP contribution in [-0.4, -0.2) is 0 Å². The van der Waals surface area contributed by atoms with Gasteiger partial charge in [0, 0.05) is 12.2 Å². The molecule has 0 aromatic heterocycles. The summed E-state index contributed by atoms with van der Waals surface area (Å²) in [5, 5.41) is 12.2. The van der Waals surface area contributed by atoms with Crippen LogP contribution in [0, 0.1) is 25.2 Å². The van der Waals surface area contributed by atoms with Crippen LogP contribution in [0.15, 0.2) is 42.5 Å². The van der Waals surface area contributed by atoms with E-state index in [9.17, 15) is 0 Å². The first-order valence-electron chi connectivity index (χ1n) is 5.99. The van der Waals surface area contributed by atoms with Crippen molar-refractivity contribution in [3.63, 3.8) is 0 Å². The summed E-state index contributed by atoms with van der Waals surface area (Å²) in [6, 6.07) is 16.1. The second kappa shape index (κ2) is 5.37. The number of anilines is 1. The fraction of sp³-hybridized carbons (Fsp3) is 0.188. The highest BCUT2D eigenvalue weighted by Crippen LogP contribution is 2.15. The highest BCUT2D eigenvalue weighted by Gasteiger charge is 1.99. The molecule has 0 aliphatic carbocycles. The molecule has 2 rings (SSSR count). The molecule has 1 N–H and O–H groups in total. The molecule has 2 aromatic rings. The number of hydrogen-bond acceptors (Lipinski definition) is 2. The maximum absolute atomic E-state index is 8.85. The fourth-order valence-electron chi connectivity index (χ4n) is 1.89. The average Bonchev–Trinajstić information content (AvgIpc) is 2.40. The smallest absolute Gasteiger partial charge is 0.0992 e. The molecule has 90 valence electrons. The van der Waals surface area contributed by atoms with Gasteiger partial charge in [-0.15, -0.1) is 0 Å². The van der Waals surface area contributed by atoms with E-state index in [0.29, 0.717) is 5.56 Å². The van der Waals surface area contributed by atoms with Gasteiger partial charge >= 0.3 is 0 Å². The molecule has 0 radical (unpaired) electrons. The van der Waals surface area contributed by atoms with Gasteiger partial charge < -0.3 is 5.32 Å². The third-order valence-electron chi connectivity index (χ3n) is 2.98. The molecule has 0 aliphatic heterocycles. The molecule has 0 unspecified atom stereocenters. The van der Waals surface area contributed by atoms with Gasteiger partial charge in [0.1, 0.15) is 0 Å². The van der Waals surface area contributed by atoms with Gasteiger partial charge in [0.15, 0.2) is 0 Å². The standard InChI is InChI=1S/C16H16N2/c1-12-6-7-13(2)15(8-12)11-18-16-5-3-4-14(9-16)10-17/h3-9,18H,11H2,1-2H3. The minimum absolute atomic E-state index is 0.681. The second-order valence-electron chi connectivity index (χ2n) is 4.48. The number of nitriles is 1. The Bertz CT molecular complexity index is 594. The summed E-state index contributed by atoms with van der Waals surface area (Å²) < 4.78 is 0. The zero-order valence-corrected chi connectivity index (χ0v) is 10.7. The Morgan fingerprint density at radius 2 is 1.94 bits per heavy atom. The number of aryl methyl sites for hydroxylation is 2.